The minimum atomic E-state index is -0.686. The number of thioether (sulfide) groups is 1. The minimum absolute atomic E-state index is 0.0249. The second kappa shape index (κ2) is 12.7. The topological polar surface area (TPSA) is 87.1 Å². The zero-order chi connectivity index (χ0) is 28.2. The van der Waals surface area contributed by atoms with Gasteiger partial charge in [-0.25, -0.2) is 0 Å². The fourth-order valence-electron chi connectivity index (χ4n) is 6.59. The third kappa shape index (κ3) is 5.55. The van der Waals surface area contributed by atoms with Crippen LogP contribution in [0, 0.1) is 25.7 Å². The van der Waals surface area contributed by atoms with Gasteiger partial charge in [-0.1, -0.05) is 24.3 Å². The molecule has 3 saturated heterocycles. The minimum Gasteiger partial charge on any atom is -0.465 e. The number of anilines is 1. The van der Waals surface area contributed by atoms with Crippen molar-refractivity contribution in [2.45, 2.75) is 74.8 Å². The number of likely N-dealkylation sites (tertiary alicyclic amines) is 1. The zero-order valence-corrected chi connectivity index (χ0v) is 24.1. The summed E-state index contributed by atoms with van der Waals surface area (Å²) in [5, 5.41) is 9.38. The monoisotopic (exact) mass is 554 g/mol. The second-order valence-electron chi connectivity index (χ2n) is 11.0. The van der Waals surface area contributed by atoms with Crippen LogP contribution in [0.1, 0.15) is 56.1 Å². The Morgan fingerprint density at radius 3 is 2.72 bits per heavy atom. The van der Waals surface area contributed by atoms with Gasteiger partial charge in [-0.2, -0.15) is 0 Å². The van der Waals surface area contributed by atoms with Crippen LogP contribution in [0.3, 0.4) is 0 Å². The molecule has 1 aromatic carbocycles. The van der Waals surface area contributed by atoms with Gasteiger partial charge >= 0.3 is 5.97 Å². The van der Waals surface area contributed by atoms with Gasteiger partial charge in [0.25, 0.3) is 5.91 Å². The summed E-state index contributed by atoms with van der Waals surface area (Å²) in [5.74, 6) is -1.69. The maximum atomic E-state index is 14.6. The number of aliphatic hydroxyl groups excluding tert-OH is 1. The van der Waals surface area contributed by atoms with Crippen molar-refractivity contribution in [2.24, 2.45) is 11.8 Å². The van der Waals surface area contributed by atoms with Crippen LogP contribution in [0.2, 0.25) is 0 Å². The van der Waals surface area contributed by atoms with Crippen LogP contribution >= 0.6 is 11.8 Å². The third-order valence-corrected chi connectivity index (χ3v) is 10.3. The quantitative estimate of drug-likeness (QED) is 0.206. The summed E-state index contributed by atoms with van der Waals surface area (Å²) < 4.78 is 5.03. The number of rotatable bonds is 14. The molecule has 0 aliphatic carbocycles. The predicted molar refractivity (Wildman–Crippen MR) is 156 cm³/mol. The van der Waals surface area contributed by atoms with Crippen molar-refractivity contribution in [3.05, 3.63) is 54.6 Å². The molecule has 0 aromatic heterocycles. The van der Waals surface area contributed by atoms with E-state index in [1.54, 1.807) is 27.6 Å². The van der Waals surface area contributed by atoms with E-state index < -0.39 is 22.6 Å². The Kier molecular flexibility index (Phi) is 9.60. The van der Waals surface area contributed by atoms with Gasteiger partial charge in [0.05, 0.1) is 23.2 Å². The summed E-state index contributed by atoms with van der Waals surface area (Å²) >= 11 is 1.66. The highest BCUT2D eigenvalue weighted by Crippen LogP contribution is 2.66. The van der Waals surface area contributed by atoms with Gasteiger partial charge in [0.15, 0.2) is 0 Å². The van der Waals surface area contributed by atoms with E-state index in [0.717, 1.165) is 42.5 Å². The van der Waals surface area contributed by atoms with Crippen LogP contribution in [-0.4, -0.2) is 70.1 Å². The number of esters is 1. The van der Waals surface area contributed by atoms with Crippen LogP contribution in [0.5, 0.6) is 0 Å². The smallest absolute Gasteiger partial charge is 0.310 e. The molecule has 3 fully saturated rings. The molecule has 39 heavy (non-hydrogen) atoms. The van der Waals surface area contributed by atoms with E-state index in [-0.39, 0.29) is 29.6 Å². The highest BCUT2D eigenvalue weighted by Gasteiger charge is 2.74. The van der Waals surface area contributed by atoms with Crippen molar-refractivity contribution in [2.75, 3.05) is 31.2 Å². The van der Waals surface area contributed by atoms with Crippen molar-refractivity contribution in [3.8, 4) is 0 Å². The Labute approximate surface area is 236 Å². The van der Waals surface area contributed by atoms with Crippen LogP contribution in [-0.2, 0) is 19.1 Å². The predicted octanol–water partition coefficient (Wildman–Crippen LogP) is 4.59. The van der Waals surface area contributed by atoms with Gasteiger partial charge in [-0.15, -0.1) is 24.9 Å². The number of amides is 2. The van der Waals surface area contributed by atoms with Crippen LogP contribution in [0.15, 0.2) is 43.5 Å². The van der Waals surface area contributed by atoms with Crippen molar-refractivity contribution >= 4 is 35.2 Å². The van der Waals surface area contributed by atoms with Crippen molar-refractivity contribution in [1.29, 1.82) is 0 Å². The Morgan fingerprint density at radius 2 is 2.00 bits per heavy atom. The Balaban J connectivity index is 1.67. The number of nitrogens with zero attached hydrogens (tertiary/aromatic N) is 2. The maximum Gasteiger partial charge on any atom is 0.310 e. The van der Waals surface area contributed by atoms with Crippen molar-refractivity contribution < 1.29 is 24.2 Å². The van der Waals surface area contributed by atoms with E-state index in [9.17, 15) is 19.5 Å². The van der Waals surface area contributed by atoms with Gasteiger partial charge in [0.1, 0.15) is 6.04 Å². The van der Waals surface area contributed by atoms with Gasteiger partial charge in [0, 0.05) is 30.6 Å². The Morgan fingerprint density at radius 1 is 1.21 bits per heavy atom. The molecule has 1 aromatic rings. The molecular formula is C31H42N2O5S. The van der Waals surface area contributed by atoms with Crippen molar-refractivity contribution in [1.82, 2.24) is 4.90 Å². The number of hydrogen-bond donors (Lipinski definition) is 1. The molecule has 1 spiro atoms. The number of fused-ring (bicyclic) bond motifs is 1. The first-order valence-electron chi connectivity index (χ1n) is 14.2. The van der Waals surface area contributed by atoms with E-state index in [2.05, 4.69) is 13.2 Å². The average Bonchev–Trinajstić information content (AvgIpc) is 3.56. The molecule has 2 bridgehead atoms. The number of ether oxygens (including phenoxy) is 1. The van der Waals surface area contributed by atoms with Crippen molar-refractivity contribution in [3.63, 3.8) is 0 Å². The second-order valence-corrected chi connectivity index (χ2v) is 12.6. The third-order valence-electron chi connectivity index (χ3n) is 8.39. The molecule has 4 rings (SSSR count). The van der Waals surface area contributed by atoms with Gasteiger partial charge < -0.3 is 19.6 Å². The Bertz CT molecular complexity index is 1110. The molecule has 3 aliphatic rings. The highest BCUT2D eigenvalue weighted by molar-refractivity contribution is 8.02. The number of hydrogen-bond acceptors (Lipinski definition) is 6. The number of carbonyl (C=O) groups excluding carboxylic acids is 3. The summed E-state index contributed by atoms with van der Waals surface area (Å²) in [7, 11) is 0. The van der Waals surface area contributed by atoms with Gasteiger partial charge in [0.2, 0.25) is 5.91 Å². The molecule has 0 saturated carbocycles. The molecule has 3 heterocycles. The fraction of sp³-hybridized carbons (Fsp3) is 0.581. The molecule has 8 heteroatoms. The summed E-state index contributed by atoms with van der Waals surface area (Å²) in [6.45, 7) is 12.7. The zero-order valence-electron chi connectivity index (χ0n) is 23.3. The molecule has 5 atom stereocenters. The number of carbonyl (C=O) groups is 3. The van der Waals surface area contributed by atoms with Crippen LogP contribution < -0.4 is 4.90 Å². The van der Waals surface area contributed by atoms with Crippen LogP contribution in [0.4, 0.5) is 5.69 Å². The molecule has 212 valence electrons. The SMILES string of the molecule is C=CCCCCOC(=O)[C@@H]1[C@H]2C(=O)N(CCCCO)C(C(=O)N(CC=C)c3cc(C)ccc3C)C23CC[C@H]1S3. The highest BCUT2D eigenvalue weighted by atomic mass is 32.2. The lowest BCUT2D eigenvalue weighted by Crippen LogP contribution is -2.55. The summed E-state index contributed by atoms with van der Waals surface area (Å²) in [6, 6.07) is 5.34. The molecule has 2 amide bonds. The molecular weight excluding hydrogens is 512 g/mol. The lowest BCUT2D eigenvalue weighted by atomic mass is 9.71. The standard InChI is InChI=1S/C31H42N2O5S/c1-5-7-8-11-19-38-30(37)25-24-14-15-31(39-24)26(25)28(35)33(17-9-10-18-34)27(31)29(36)32(16-6-2)23-20-21(3)12-13-22(23)4/h5-6,12-13,20,24-27,34H,1-2,7-11,14-19H2,3-4H3/t24-,25+,26+,27?,31?/m1/s1. The molecule has 7 nitrogen and oxygen atoms in total. The largest absolute Gasteiger partial charge is 0.465 e. The first-order valence-corrected chi connectivity index (χ1v) is 15.0. The first kappa shape index (κ1) is 29.4. The number of unbranched alkanes of at least 4 members (excludes halogenated alkanes) is 3. The van der Waals surface area contributed by atoms with Gasteiger partial charge in [-0.05, 0) is 76.0 Å². The van der Waals surface area contributed by atoms with E-state index in [1.807, 2.05) is 38.1 Å². The number of aliphatic hydroxyl groups is 1. The summed E-state index contributed by atoms with van der Waals surface area (Å²) in [6.07, 6.45) is 8.73. The van der Waals surface area contributed by atoms with Gasteiger partial charge in [-0.3, -0.25) is 14.4 Å². The van der Waals surface area contributed by atoms with E-state index in [0.29, 0.717) is 39.0 Å². The number of aryl methyl sites for hydroxylation is 2. The van der Waals surface area contributed by atoms with E-state index >= 15 is 0 Å². The number of allylic oxidation sites excluding steroid dienone is 1. The molecule has 3 aliphatic heterocycles. The van der Waals surface area contributed by atoms with Crippen LogP contribution in [0.25, 0.3) is 0 Å². The lowest BCUT2D eigenvalue weighted by molar-refractivity contribution is -0.154. The molecule has 0 radical (unpaired) electrons. The van der Waals surface area contributed by atoms with E-state index in [4.69, 9.17) is 4.74 Å². The number of benzene rings is 1. The summed E-state index contributed by atoms with van der Waals surface area (Å²) in [4.78, 5) is 45.5. The average molecular weight is 555 g/mol. The summed E-state index contributed by atoms with van der Waals surface area (Å²) in [5.41, 5.74) is 2.83. The molecule has 2 unspecified atom stereocenters. The van der Waals surface area contributed by atoms with E-state index in [1.165, 1.54) is 0 Å². The fourth-order valence-corrected chi connectivity index (χ4v) is 8.79. The normalized spacial score (nSPS) is 26.9. The Hall–Kier alpha value is -2.58. The maximum absolute atomic E-state index is 14.6. The first-order chi connectivity index (χ1) is 18.8. The lowest BCUT2D eigenvalue weighted by Gasteiger charge is -2.37. The molecule has 1 N–H and O–H groups in total.